The minimum Gasteiger partial charge on any atom is -0.493 e. The van der Waals surface area contributed by atoms with E-state index in [1.165, 1.54) is 25.1 Å². The quantitative estimate of drug-likeness (QED) is 0.257. The molecule has 0 unspecified atom stereocenters. The molecule has 0 spiro atoms. The number of rotatable bonds is 7. The summed E-state index contributed by atoms with van der Waals surface area (Å²) in [6, 6.07) is 14.4. The lowest BCUT2D eigenvalue weighted by Crippen LogP contribution is -2.45. The number of nitrogens with zero attached hydrogens (tertiary/aromatic N) is 6. The number of likely N-dealkylation sites (tertiary alicyclic amines) is 1. The topological polar surface area (TPSA) is 137 Å². The molecule has 2 fully saturated rings. The second-order valence-corrected chi connectivity index (χ2v) is 11.9. The van der Waals surface area contributed by atoms with Crippen LogP contribution in [0.25, 0.3) is 27.7 Å². The molecular formula is C33H36N8O4. The van der Waals surface area contributed by atoms with Gasteiger partial charge in [0.1, 0.15) is 17.0 Å². The molecule has 5 aromatic rings. The number of fused-ring (bicyclic) bond motifs is 5. The summed E-state index contributed by atoms with van der Waals surface area (Å²) in [7, 11) is 1.88. The van der Waals surface area contributed by atoms with E-state index in [2.05, 4.69) is 25.4 Å². The highest BCUT2D eigenvalue weighted by atomic mass is 16.3. The summed E-state index contributed by atoms with van der Waals surface area (Å²) in [4.78, 5) is 53.6. The average Bonchev–Trinajstić information content (AvgIpc) is 3.68. The van der Waals surface area contributed by atoms with Gasteiger partial charge in [0.05, 0.1) is 22.0 Å². The molecular weight excluding hydrogens is 572 g/mol. The lowest BCUT2D eigenvalue weighted by Gasteiger charge is -2.33. The standard InChI is InChI=1S/C33H36N8O4/c1-38-24-6-2-3-7-25(24)41-30-23(29(43)28(33(38)41)32(45)34-14-19-39-15-4-5-16-39)9-10-26(37-30)40-17-12-22(13-18-40)36-31(44)21-8-11-27(42)35-20-21/h2-3,6-11,20,22H,4-5,12-19H2,1H3,(H,34,45)(H,35,42)(H,36,44). The second-order valence-electron chi connectivity index (χ2n) is 11.9. The first-order valence-electron chi connectivity index (χ1n) is 15.5. The van der Waals surface area contributed by atoms with Crippen LogP contribution in [-0.4, -0.2) is 86.1 Å². The Labute approximate surface area is 259 Å². The summed E-state index contributed by atoms with van der Waals surface area (Å²) in [5, 5.41) is 15.9. The van der Waals surface area contributed by atoms with Gasteiger partial charge in [-0.25, -0.2) is 9.97 Å². The molecule has 2 amide bonds. The number of anilines is 1. The molecule has 0 saturated carbocycles. The van der Waals surface area contributed by atoms with Crippen LogP contribution in [0.2, 0.25) is 0 Å². The normalized spacial score (nSPS) is 16.2. The number of carbonyl (C=O) groups is 2. The molecule has 6 heterocycles. The maximum Gasteiger partial charge on any atom is 0.259 e. The number of amides is 2. The Bertz CT molecular complexity index is 1970. The van der Waals surface area contributed by atoms with Crippen LogP contribution in [0.1, 0.15) is 46.4 Å². The van der Waals surface area contributed by atoms with Crippen LogP contribution in [0, 0.1) is 0 Å². The molecule has 0 aliphatic carbocycles. The Morgan fingerprint density at radius 2 is 1.71 bits per heavy atom. The van der Waals surface area contributed by atoms with E-state index in [9.17, 15) is 19.5 Å². The van der Waals surface area contributed by atoms with E-state index in [0.29, 0.717) is 41.9 Å². The van der Waals surface area contributed by atoms with Crippen LogP contribution < -0.4 is 21.0 Å². The lowest BCUT2D eigenvalue weighted by atomic mass is 10.0. The van der Waals surface area contributed by atoms with E-state index in [0.717, 1.165) is 49.3 Å². The number of benzene rings is 1. The Balaban J connectivity index is 1.18. The zero-order chi connectivity index (χ0) is 31.1. The average molecular weight is 609 g/mol. The van der Waals surface area contributed by atoms with Crippen LogP contribution >= 0.6 is 0 Å². The van der Waals surface area contributed by atoms with Crippen LogP contribution in [0.4, 0.5) is 5.82 Å². The zero-order valence-electron chi connectivity index (χ0n) is 25.2. The van der Waals surface area contributed by atoms with Crippen molar-refractivity contribution in [3.8, 4) is 5.88 Å². The molecule has 12 nitrogen and oxygen atoms in total. The van der Waals surface area contributed by atoms with Gasteiger partial charge in [-0.3, -0.25) is 18.8 Å². The molecule has 0 radical (unpaired) electrons. The molecule has 1 aromatic carbocycles. The first kappa shape index (κ1) is 28.8. The fourth-order valence-electron chi connectivity index (χ4n) is 6.68. The molecule has 12 heteroatoms. The van der Waals surface area contributed by atoms with Gasteiger partial charge in [0.25, 0.3) is 11.8 Å². The van der Waals surface area contributed by atoms with Crippen LogP contribution in [0.3, 0.4) is 0 Å². The Morgan fingerprint density at radius 1 is 0.956 bits per heavy atom. The van der Waals surface area contributed by atoms with Gasteiger partial charge in [-0.15, -0.1) is 0 Å². The molecule has 0 bridgehead atoms. The SMILES string of the molecule is Cn1c2ccccc2n2c3nc(N4CCC(NC(=O)c5ccc(O)nc5)CC4)ccc3c(=O)c(C(=O)NCCN3CCCC3)c12. The van der Waals surface area contributed by atoms with Gasteiger partial charge in [0.2, 0.25) is 11.3 Å². The minimum atomic E-state index is -0.374. The number of nitrogens with one attached hydrogen (secondary N) is 2. The molecule has 2 aliphatic rings. The fraction of sp³-hybridized carbons (Fsp3) is 0.364. The van der Waals surface area contributed by atoms with Crippen molar-refractivity contribution in [2.24, 2.45) is 7.05 Å². The number of imidazole rings is 1. The molecule has 232 valence electrons. The predicted octanol–water partition coefficient (Wildman–Crippen LogP) is 2.66. The summed E-state index contributed by atoms with van der Waals surface area (Å²) in [5.74, 6) is 0.0105. The van der Waals surface area contributed by atoms with Crippen molar-refractivity contribution in [1.82, 2.24) is 34.5 Å². The third-order valence-electron chi connectivity index (χ3n) is 9.08. The van der Waals surface area contributed by atoms with Gasteiger partial charge in [-0.1, -0.05) is 12.1 Å². The van der Waals surface area contributed by atoms with E-state index in [1.54, 1.807) is 12.1 Å². The van der Waals surface area contributed by atoms with Crippen molar-refractivity contribution in [2.45, 2.75) is 31.7 Å². The van der Waals surface area contributed by atoms with E-state index >= 15 is 0 Å². The number of aromatic nitrogens is 4. The van der Waals surface area contributed by atoms with Gasteiger partial charge in [0.15, 0.2) is 5.65 Å². The Kier molecular flexibility index (Phi) is 7.58. The highest BCUT2D eigenvalue weighted by Crippen LogP contribution is 2.27. The third-order valence-corrected chi connectivity index (χ3v) is 9.08. The number of hydrogen-bond acceptors (Lipinski definition) is 8. The van der Waals surface area contributed by atoms with Gasteiger partial charge < -0.3 is 30.1 Å². The Morgan fingerprint density at radius 3 is 2.44 bits per heavy atom. The largest absolute Gasteiger partial charge is 0.493 e. The maximum atomic E-state index is 14.0. The van der Waals surface area contributed by atoms with Crippen LogP contribution in [0.5, 0.6) is 5.88 Å². The molecule has 0 atom stereocenters. The number of aryl methyl sites for hydroxylation is 1. The van der Waals surface area contributed by atoms with Crippen LogP contribution in [0.15, 0.2) is 59.5 Å². The first-order chi connectivity index (χ1) is 21.9. The number of aromatic hydroxyl groups is 1. The summed E-state index contributed by atoms with van der Waals surface area (Å²) in [5.41, 5.74) is 2.96. The summed E-state index contributed by atoms with van der Waals surface area (Å²) < 4.78 is 3.83. The summed E-state index contributed by atoms with van der Waals surface area (Å²) >= 11 is 0. The number of carbonyl (C=O) groups excluding carboxylic acids is 2. The molecule has 2 aliphatic heterocycles. The molecule has 7 rings (SSSR count). The monoisotopic (exact) mass is 608 g/mol. The first-order valence-corrected chi connectivity index (χ1v) is 15.5. The number of para-hydroxylation sites is 2. The van der Waals surface area contributed by atoms with E-state index in [4.69, 9.17) is 4.98 Å². The smallest absolute Gasteiger partial charge is 0.259 e. The number of pyridine rings is 3. The highest BCUT2D eigenvalue weighted by Gasteiger charge is 2.26. The van der Waals surface area contributed by atoms with Gasteiger partial charge >= 0.3 is 0 Å². The molecule has 4 aromatic heterocycles. The van der Waals surface area contributed by atoms with Gasteiger partial charge in [-0.05, 0) is 69.1 Å². The Hall–Kier alpha value is -4.97. The molecule has 2 saturated heterocycles. The summed E-state index contributed by atoms with van der Waals surface area (Å²) in [6.45, 7) is 4.66. The second kappa shape index (κ2) is 11.8. The van der Waals surface area contributed by atoms with Crippen molar-refractivity contribution >= 4 is 45.3 Å². The van der Waals surface area contributed by atoms with Crippen molar-refractivity contribution in [2.75, 3.05) is 44.2 Å². The van der Waals surface area contributed by atoms with Gasteiger partial charge in [0, 0.05) is 51.5 Å². The van der Waals surface area contributed by atoms with Crippen molar-refractivity contribution in [3.05, 3.63) is 76.1 Å². The third kappa shape index (κ3) is 5.35. The number of piperidine rings is 1. The lowest BCUT2D eigenvalue weighted by molar-refractivity contribution is 0.0927. The van der Waals surface area contributed by atoms with E-state index in [1.807, 2.05) is 46.3 Å². The minimum absolute atomic E-state index is 0.0121. The maximum absolute atomic E-state index is 14.0. The highest BCUT2D eigenvalue weighted by molar-refractivity contribution is 6.06. The van der Waals surface area contributed by atoms with E-state index < -0.39 is 0 Å². The van der Waals surface area contributed by atoms with Crippen molar-refractivity contribution in [1.29, 1.82) is 0 Å². The van der Waals surface area contributed by atoms with Crippen molar-refractivity contribution < 1.29 is 14.7 Å². The predicted molar refractivity (Wildman–Crippen MR) is 172 cm³/mol. The van der Waals surface area contributed by atoms with Crippen LogP contribution in [-0.2, 0) is 7.05 Å². The molecule has 3 N–H and O–H groups in total. The molecule has 45 heavy (non-hydrogen) atoms. The van der Waals surface area contributed by atoms with Gasteiger partial charge in [-0.2, -0.15) is 0 Å². The zero-order valence-corrected chi connectivity index (χ0v) is 25.2. The number of hydrogen-bond donors (Lipinski definition) is 3. The fourth-order valence-corrected chi connectivity index (χ4v) is 6.68. The van der Waals surface area contributed by atoms with E-state index in [-0.39, 0.29) is 34.7 Å². The summed E-state index contributed by atoms with van der Waals surface area (Å²) in [6.07, 6.45) is 5.16. The van der Waals surface area contributed by atoms with Crippen molar-refractivity contribution in [3.63, 3.8) is 0 Å².